The lowest BCUT2D eigenvalue weighted by molar-refractivity contribution is 0.431. The van der Waals surface area contributed by atoms with E-state index in [1.807, 2.05) is 19.1 Å². The molecule has 1 aliphatic heterocycles. The Hall–Kier alpha value is -1.11. The third-order valence-corrected chi connectivity index (χ3v) is 5.08. The van der Waals surface area contributed by atoms with Gasteiger partial charge in [0.15, 0.2) is 0 Å². The Morgan fingerprint density at radius 1 is 1.52 bits per heavy atom. The first-order valence-electron chi connectivity index (χ1n) is 7.31. The van der Waals surface area contributed by atoms with Crippen LogP contribution in [0.2, 0.25) is 4.34 Å². The maximum absolute atomic E-state index is 12.5. The fourth-order valence-electron chi connectivity index (χ4n) is 2.82. The van der Waals surface area contributed by atoms with Gasteiger partial charge in [-0.25, -0.2) is 9.48 Å². The van der Waals surface area contributed by atoms with Gasteiger partial charge in [0.2, 0.25) is 0 Å². The molecule has 1 N–H and O–H groups in total. The van der Waals surface area contributed by atoms with E-state index >= 15 is 0 Å². The zero-order valence-corrected chi connectivity index (χ0v) is 13.6. The standard InChI is InChI=1S/C14H19ClN4OS/c1-2-18-13(10-4-3-7-16-8-10)17-19(14(18)20)9-11-5-6-12(15)21-11/h5-6,10,16H,2-4,7-9H2,1H3/t10-/m0/s1. The topological polar surface area (TPSA) is 51.9 Å². The Kier molecular flexibility index (Phi) is 4.47. The van der Waals surface area contributed by atoms with Gasteiger partial charge in [-0.1, -0.05) is 11.6 Å². The highest BCUT2D eigenvalue weighted by Gasteiger charge is 2.23. The molecule has 5 nitrogen and oxygen atoms in total. The molecule has 1 atom stereocenters. The summed E-state index contributed by atoms with van der Waals surface area (Å²) in [7, 11) is 0. The summed E-state index contributed by atoms with van der Waals surface area (Å²) in [6.07, 6.45) is 2.23. The van der Waals surface area contributed by atoms with Crippen LogP contribution in [0.1, 0.15) is 36.4 Å². The summed E-state index contributed by atoms with van der Waals surface area (Å²) in [5, 5.41) is 7.99. The van der Waals surface area contributed by atoms with E-state index in [0.29, 0.717) is 19.0 Å². The van der Waals surface area contributed by atoms with E-state index in [9.17, 15) is 4.79 Å². The molecule has 1 aliphatic rings. The fourth-order valence-corrected chi connectivity index (χ4v) is 3.89. The van der Waals surface area contributed by atoms with Crippen molar-refractivity contribution < 1.29 is 0 Å². The molecule has 2 aromatic rings. The van der Waals surface area contributed by atoms with Gasteiger partial charge < -0.3 is 5.32 Å². The quantitative estimate of drug-likeness (QED) is 0.938. The van der Waals surface area contributed by atoms with E-state index in [4.69, 9.17) is 11.6 Å². The van der Waals surface area contributed by atoms with Crippen LogP contribution in [0.5, 0.6) is 0 Å². The fraction of sp³-hybridized carbons (Fsp3) is 0.571. The molecule has 0 bridgehead atoms. The number of nitrogens with zero attached hydrogens (tertiary/aromatic N) is 3. The summed E-state index contributed by atoms with van der Waals surface area (Å²) < 4.78 is 4.10. The molecule has 3 heterocycles. The molecule has 0 radical (unpaired) electrons. The molecule has 0 unspecified atom stereocenters. The van der Waals surface area contributed by atoms with Crippen molar-refractivity contribution in [2.75, 3.05) is 13.1 Å². The van der Waals surface area contributed by atoms with Gasteiger partial charge in [0.1, 0.15) is 5.82 Å². The minimum atomic E-state index is -0.0254. The highest BCUT2D eigenvalue weighted by molar-refractivity contribution is 7.16. The van der Waals surface area contributed by atoms with Crippen molar-refractivity contribution in [2.24, 2.45) is 0 Å². The Balaban J connectivity index is 1.90. The number of piperidine rings is 1. The van der Waals surface area contributed by atoms with Gasteiger partial charge in [0, 0.05) is 23.9 Å². The summed E-state index contributed by atoms with van der Waals surface area (Å²) in [6.45, 7) is 5.12. The number of rotatable bonds is 4. The molecule has 21 heavy (non-hydrogen) atoms. The summed E-state index contributed by atoms with van der Waals surface area (Å²) in [4.78, 5) is 13.5. The van der Waals surface area contributed by atoms with Crippen LogP contribution in [0.3, 0.4) is 0 Å². The van der Waals surface area contributed by atoms with Crippen LogP contribution < -0.4 is 11.0 Å². The van der Waals surface area contributed by atoms with Crippen LogP contribution in [0.15, 0.2) is 16.9 Å². The van der Waals surface area contributed by atoms with Crippen molar-refractivity contribution >= 4 is 22.9 Å². The Bertz CT molecular complexity index is 669. The van der Waals surface area contributed by atoms with E-state index in [1.54, 1.807) is 9.25 Å². The van der Waals surface area contributed by atoms with E-state index < -0.39 is 0 Å². The lowest BCUT2D eigenvalue weighted by Gasteiger charge is -2.21. The second kappa shape index (κ2) is 6.34. The van der Waals surface area contributed by atoms with Crippen LogP contribution in [-0.4, -0.2) is 27.4 Å². The summed E-state index contributed by atoms with van der Waals surface area (Å²) in [6, 6.07) is 3.81. The SMILES string of the molecule is CCn1c([C@H]2CCCNC2)nn(Cc2ccc(Cl)s2)c1=O. The molecule has 0 aliphatic carbocycles. The summed E-state index contributed by atoms with van der Waals surface area (Å²) >= 11 is 7.44. The van der Waals surface area contributed by atoms with Crippen molar-refractivity contribution in [3.63, 3.8) is 0 Å². The minimum Gasteiger partial charge on any atom is -0.316 e. The number of thiophene rings is 1. The molecule has 2 aromatic heterocycles. The Labute approximate surface area is 132 Å². The lowest BCUT2D eigenvalue weighted by Crippen LogP contribution is -2.31. The van der Waals surface area contributed by atoms with Crippen molar-refractivity contribution in [3.8, 4) is 0 Å². The molecular formula is C14H19ClN4OS. The van der Waals surface area contributed by atoms with Crippen molar-refractivity contribution in [1.82, 2.24) is 19.7 Å². The van der Waals surface area contributed by atoms with Crippen LogP contribution in [0.4, 0.5) is 0 Å². The monoisotopic (exact) mass is 326 g/mol. The van der Waals surface area contributed by atoms with Crippen LogP contribution in [-0.2, 0) is 13.1 Å². The van der Waals surface area contributed by atoms with Crippen LogP contribution >= 0.6 is 22.9 Å². The van der Waals surface area contributed by atoms with Gasteiger partial charge in [-0.05, 0) is 38.4 Å². The van der Waals surface area contributed by atoms with E-state index in [2.05, 4.69) is 10.4 Å². The summed E-state index contributed by atoms with van der Waals surface area (Å²) in [5.74, 6) is 1.25. The van der Waals surface area contributed by atoms with Crippen LogP contribution in [0.25, 0.3) is 0 Å². The number of hydrogen-bond acceptors (Lipinski definition) is 4. The normalized spacial score (nSPS) is 19.0. The van der Waals surface area contributed by atoms with Crippen molar-refractivity contribution in [2.45, 2.75) is 38.8 Å². The molecule has 0 amide bonds. The van der Waals surface area contributed by atoms with Crippen molar-refractivity contribution in [3.05, 3.63) is 37.7 Å². The van der Waals surface area contributed by atoms with E-state index in [1.165, 1.54) is 11.3 Å². The highest BCUT2D eigenvalue weighted by atomic mass is 35.5. The minimum absolute atomic E-state index is 0.0254. The van der Waals surface area contributed by atoms with E-state index in [-0.39, 0.29) is 5.69 Å². The predicted molar refractivity (Wildman–Crippen MR) is 85.4 cm³/mol. The van der Waals surface area contributed by atoms with E-state index in [0.717, 1.165) is 41.0 Å². The first kappa shape index (κ1) is 14.8. The molecule has 114 valence electrons. The van der Waals surface area contributed by atoms with Gasteiger partial charge >= 0.3 is 5.69 Å². The van der Waals surface area contributed by atoms with Crippen LogP contribution in [0, 0.1) is 0 Å². The van der Waals surface area contributed by atoms with Crippen molar-refractivity contribution in [1.29, 1.82) is 0 Å². The second-order valence-corrected chi connectivity index (χ2v) is 7.09. The second-order valence-electron chi connectivity index (χ2n) is 5.29. The smallest absolute Gasteiger partial charge is 0.316 e. The molecule has 0 aromatic carbocycles. The van der Waals surface area contributed by atoms with Gasteiger partial charge in [-0.15, -0.1) is 11.3 Å². The van der Waals surface area contributed by atoms with Gasteiger partial charge in [0.25, 0.3) is 0 Å². The number of aromatic nitrogens is 3. The maximum atomic E-state index is 12.5. The summed E-state index contributed by atoms with van der Waals surface area (Å²) in [5.41, 5.74) is -0.0254. The lowest BCUT2D eigenvalue weighted by atomic mass is 9.99. The molecule has 0 saturated carbocycles. The molecule has 0 spiro atoms. The average Bonchev–Trinajstić information content (AvgIpc) is 3.04. The number of halogens is 1. The molecular weight excluding hydrogens is 308 g/mol. The number of hydrogen-bond donors (Lipinski definition) is 1. The first-order valence-corrected chi connectivity index (χ1v) is 8.51. The maximum Gasteiger partial charge on any atom is 0.346 e. The zero-order valence-electron chi connectivity index (χ0n) is 12.0. The number of nitrogens with one attached hydrogen (secondary N) is 1. The first-order chi connectivity index (χ1) is 10.2. The largest absolute Gasteiger partial charge is 0.346 e. The molecule has 3 rings (SSSR count). The Morgan fingerprint density at radius 3 is 3.00 bits per heavy atom. The molecule has 1 saturated heterocycles. The zero-order chi connectivity index (χ0) is 14.8. The van der Waals surface area contributed by atoms with Gasteiger partial charge in [-0.2, -0.15) is 5.10 Å². The van der Waals surface area contributed by atoms with Gasteiger partial charge in [-0.3, -0.25) is 4.57 Å². The predicted octanol–water partition coefficient (Wildman–Crippen LogP) is 2.29. The third-order valence-electron chi connectivity index (χ3n) is 3.86. The van der Waals surface area contributed by atoms with Gasteiger partial charge in [0.05, 0.1) is 10.9 Å². The third kappa shape index (κ3) is 3.07. The molecule has 1 fully saturated rings. The highest BCUT2D eigenvalue weighted by Crippen LogP contribution is 2.23. The average molecular weight is 327 g/mol. The molecule has 7 heteroatoms. The Morgan fingerprint density at radius 2 is 2.38 bits per heavy atom.